The second kappa shape index (κ2) is 20.8. The van der Waals surface area contributed by atoms with E-state index in [-0.39, 0.29) is 123 Å². The zero-order valence-electron chi connectivity index (χ0n) is 44.2. The minimum absolute atomic E-state index is 0.0534. The van der Waals surface area contributed by atoms with Gasteiger partial charge < -0.3 is 87.1 Å². The highest BCUT2D eigenvalue weighted by molar-refractivity contribution is 5.14. The third kappa shape index (κ3) is 9.62. The van der Waals surface area contributed by atoms with Crippen molar-refractivity contribution in [1.29, 1.82) is 0 Å². The molecule has 13 aliphatic rings. The van der Waals surface area contributed by atoms with E-state index in [0.717, 1.165) is 19.3 Å². The summed E-state index contributed by atoms with van der Waals surface area (Å²) in [7, 11) is 0. The minimum Gasteiger partial charge on any atom is -0.390 e. The Morgan fingerprint density at radius 1 is 0.467 bits per heavy atom. The van der Waals surface area contributed by atoms with E-state index in [0.29, 0.717) is 45.1 Å². The summed E-state index contributed by atoms with van der Waals surface area (Å²) < 4.78 is 88.2. The van der Waals surface area contributed by atoms with Gasteiger partial charge >= 0.3 is 0 Å². The van der Waals surface area contributed by atoms with Gasteiger partial charge in [0.2, 0.25) is 0 Å². The second-order valence-electron chi connectivity index (χ2n) is 25.3. The maximum absolute atomic E-state index is 12.9. The summed E-state index contributed by atoms with van der Waals surface area (Å²) in [4.78, 5) is 0. The van der Waals surface area contributed by atoms with Gasteiger partial charge in [-0.25, -0.2) is 0 Å². The van der Waals surface area contributed by atoms with Crippen LogP contribution in [0.2, 0.25) is 0 Å². The molecule has 0 aliphatic carbocycles. The zero-order valence-corrected chi connectivity index (χ0v) is 44.2. The lowest BCUT2D eigenvalue weighted by atomic mass is 9.76. The summed E-state index contributed by atoms with van der Waals surface area (Å²) in [6.07, 6.45) is 6.48. The predicted octanol–water partition coefficient (Wildman–Crippen LogP) is 3.34. The maximum Gasteiger partial charge on any atom is 0.173 e. The molecule has 75 heavy (non-hydrogen) atoms. The second-order valence-corrected chi connectivity index (χ2v) is 25.3. The Hall–Kier alpha value is -1.50. The molecule has 13 rings (SSSR count). The van der Waals surface area contributed by atoms with Crippen LogP contribution >= 0.6 is 0 Å². The van der Waals surface area contributed by atoms with E-state index in [9.17, 15) is 25.5 Å². The fourth-order valence-electron chi connectivity index (χ4n) is 15.9. The molecule has 0 radical (unpaired) electrons. The Bertz CT molecular complexity index is 2100. The fraction of sp³-hybridized carbons (Fsp3) is 0.895. The molecule has 18 heteroatoms. The van der Waals surface area contributed by atoms with Gasteiger partial charge in [0.05, 0.1) is 117 Å². The van der Waals surface area contributed by atoms with E-state index in [1.165, 1.54) is 0 Å². The number of rotatable bonds is 0. The van der Waals surface area contributed by atoms with E-state index >= 15 is 0 Å². The lowest BCUT2D eigenvalue weighted by Gasteiger charge is -2.52. The number of hydrogen-bond acceptors (Lipinski definition) is 18. The molecule has 0 aromatic carbocycles. The van der Waals surface area contributed by atoms with E-state index in [1.54, 1.807) is 0 Å². The van der Waals surface area contributed by atoms with Crippen LogP contribution in [0.4, 0.5) is 0 Å². The SMILES string of the molecule is C[C@@H]1C[C@@H]2O[C@@H]3[C@@H](C)[C@H](O)[C@@H]4OC5(CCCO5)[C@@H](C)[C@H](C)[C@H]4O[C@H]3C[C@H]2O[C@H]2C[C@H]3CO[C@H]4C/C=C\[C@@H](C)C5O[C@H]6C=C[C@H]7O[C@H]8[C@H](O)[C@H]9OC[C@@H](O)[C@H](O)C[C@@H]9O[C@@H]8C[C@@H]7O[C@@H]6C/C=C\[C@@H]5O[C@@H]4C[C@]3(O)O[C@@H]2C1. The van der Waals surface area contributed by atoms with Crippen LogP contribution in [-0.2, 0) is 61.6 Å². The van der Waals surface area contributed by atoms with E-state index < -0.39 is 97.0 Å². The highest BCUT2D eigenvalue weighted by Gasteiger charge is 2.62. The highest BCUT2D eigenvalue weighted by Crippen LogP contribution is 2.52. The quantitative estimate of drug-likeness (QED) is 0.220. The summed E-state index contributed by atoms with van der Waals surface area (Å²) in [6.45, 7) is 11.7. The number of hydrogen-bond donors (Lipinski definition) is 5. The molecule has 0 saturated carbocycles. The zero-order chi connectivity index (χ0) is 51.7. The molecule has 5 N–H and O–H groups in total. The molecule has 2 unspecified atom stereocenters. The summed E-state index contributed by atoms with van der Waals surface area (Å²) >= 11 is 0. The van der Waals surface area contributed by atoms with Gasteiger partial charge in [-0.2, -0.15) is 0 Å². The lowest BCUT2D eigenvalue weighted by Crippen LogP contribution is -2.63. The number of fused-ring (bicyclic) bond motifs is 11. The minimum atomic E-state index is -1.53. The van der Waals surface area contributed by atoms with Gasteiger partial charge in [-0.05, 0) is 50.4 Å². The van der Waals surface area contributed by atoms with E-state index in [2.05, 4.69) is 58.9 Å². The molecule has 0 bridgehead atoms. The van der Waals surface area contributed by atoms with E-state index in [1.807, 2.05) is 12.2 Å². The standard InChI is InChI=1S/C57H84O18/c1-26-17-39-42(22-45-51(72-39)29(4)48(60)55-52(73-45)28(3)30(5)57(75-55)15-8-16-65-57)68-40-19-31-24-63-34-10-6-9-27(2)50-38(67-47(34)23-56(31,62)74-43(40)18-26)12-7-11-35-36(70-50)13-14-37-41(66-35)21-46-54(71-37)49(61)53-44(69-46)20-32(58)33(59)25-64-53/h6-7,9,12-14,26-55,58-62H,8,10-11,15-25H2,1-5H3/b9-6-,12-7-/t26-,27-,28+,29+,30+,31+,32-,33-,34+,35-,36+,37-,38+,39+,40+,41+,42-,43-,44+,45+,46-,47-,48+,49-,50?,51-,52-,53+,54-,55+,56+,57?/m1/s1. The first-order valence-corrected chi connectivity index (χ1v) is 29.0. The normalized spacial score (nSPS) is 59.5. The molecule has 13 heterocycles. The van der Waals surface area contributed by atoms with Gasteiger partial charge in [0.1, 0.15) is 48.8 Å². The molecule has 10 fully saturated rings. The summed E-state index contributed by atoms with van der Waals surface area (Å²) in [5, 5.41) is 57.2. The average Bonchev–Trinajstić information content (AvgIpc) is 3.63. The summed E-state index contributed by atoms with van der Waals surface area (Å²) in [5.41, 5.74) is 0. The Balaban J connectivity index is 0.691. The van der Waals surface area contributed by atoms with Crippen molar-refractivity contribution in [2.45, 2.75) is 263 Å². The van der Waals surface area contributed by atoms with Crippen molar-refractivity contribution in [3.05, 3.63) is 36.5 Å². The lowest BCUT2D eigenvalue weighted by molar-refractivity contribution is -0.342. The Morgan fingerprint density at radius 3 is 1.97 bits per heavy atom. The van der Waals surface area contributed by atoms with Crippen molar-refractivity contribution >= 4 is 0 Å². The van der Waals surface area contributed by atoms with Crippen molar-refractivity contribution in [2.24, 2.45) is 35.5 Å². The Kier molecular flexibility index (Phi) is 14.7. The molecular formula is C57H84O18. The van der Waals surface area contributed by atoms with Crippen molar-refractivity contribution in [3.63, 3.8) is 0 Å². The van der Waals surface area contributed by atoms with Crippen LogP contribution in [0.1, 0.15) is 105 Å². The third-order valence-corrected chi connectivity index (χ3v) is 20.4. The van der Waals surface area contributed by atoms with Gasteiger partial charge in [0.25, 0.3) is 0 Å². The molecule has 0 amide bonds. The summed E-state index contributed by atoms with van der Waals surface area (Å²) in [6, 6.07) is 0. The molecule has 32 atom stereocenters. The highest BCUT2D eigenvalue weighted by atomic mass is 16.7. The van der Waals surface area contributed by atoms with Crippen molar-refractivity contribution in [1.82, 2.24) is 0 Å². The molecule has 10 saturated heterocycles. The molecule has 420 valence electrons. The third-order valence-electron chi connectivity index (χ3n) is 20.4. The smallest absolute Gasteiger partial charge is 0.173 e. The monoisotopic (exact) mass is 1060 g/mol. The first-order chi connectivity index (χ1) is 36.1. The van der Waals surface area contributed by atoms with E-state index in [4.69, 9.17) is 61.6 Å². The van der Waals surface area contributed by atoms with Gasteiger partial charge in [-0.3, -0.25) is 0 Å². The van der Waals surface area contributed by atoms with Crippen LogP contribution in [0.15, 0.2) is 36.5 Å². The van der Waals surface area contributed by atoms with Crippen LogP contribution < -0.4 is 0 Å². The Morgan fingerprint density at radius 2 is 1.15 bits per heavy atom. The molecule has 0 aromatic rings. The number of aliphatic hydroxyl groups is 5. The van der Waals surface area contributed by atoms with Crippen LogP contribution in [0, 0.1) is 35.5 Å². The molecule has 0 aromatic heterocycles. The molecule has 1 spiro atoms. The topological polar surface area (TPSA) is 221 Å². The molecular weight excluding hydrogens is 973 g/mol. The first kappa shape index (κ1) is 52.8. The van der Waals surface area contributed by atoms with Crippen molar-refractivity contribution in [2.75, 3.05) is 19.8 Å². The predicted molar refractivity (Wildman–Crippen MR) is 264 cm³/mol. The van der Waals surface area contributed by atoms with Crippen LogP contribution in [0.25, 0.3) is 0 Å². The number of aliphatic hydroxyl groups excluding tert-OH is 4. The fourth-order valence-corrected chi connectivity index (χ4v) is 15.9. The van der Waals surface area contributed by atoms with Crippen molar-refractivity contribution < 1.29 is 87.1 Å². The average molecular weight is 1060 g/mol. The summed E-state index contributed by atoms with van der Waals surface area (Å²) in [5.74, 6) is -2.50. The van der Waals surface area contributed by atoms with Gasteiger partial charge in [-0.1, -0.05) is 71.1 Å². The van der Waals surface area contributed by atoms with Gasteiger partial charge in [0, 0.05) is 55.8 Å². The largest absolute Gasteiger partial charge is 0.390 e. The maximum atomic E-state index is 12.9. The van der Waals surface area contributed by atoms with Crippen LogP contribution in [-0.4, -0.2) is 203 Å². The first-order valence-electron chi connectivity index (χ1n) is 29.0. The van der Waals surface area contributed by atoms with Crippen LogP contribution in [0.5, 0.6) is 0 Å². The Labute approximate surface area is 440 Å². The van der Waals surface area contributed by atoms with Crippen molar-refractivity contribution in [3.8, 4) is 0 Å². The number of ether oxygens (including phenoxy) is 13. The molecule has 13 aliphatic heterocycles. The van der Waals surface area contributed by atoms with Gasteiger partial charge in [-0.15, -0.1) is 0 Å². The van der Waals surface area contributed by atoms with Gasteiger partial charge in [0.15, 0.2) is 11.6 Å². The molecule has 18 nitrogen and oxygen atoms in total. The van der Waals surface area contributed by atoms with Crippen LogP contribution in [0.3, 0.4) is 0 Å².